The van der Waals surface area contributed by atoms with E-state index in [1.165, 1.54) is 16.8 Å². The quantitative estimate of drug-likeness (QED) is 0.701. The zero-order valence-electron chi connectivity index (χ0n) is 13.7. The Balaban J connectivity index is 3.11. The van der Waals surface area contributed by atoms with Crippen molar-refractivity contribution in [3.63, 3.8) is 0 Å². The second-order valence-corrected chi connectivity index (χ2v) is 5.95. The van der Waals surface area contributed by atoms with Gasteiger partial charge in [-0.3, -0.25) is 4.90 Å². The zero-order valence-corrected chi connectivity index (χ0v) is 13.7. The van der Waals surface area contributed by atoms with E-state index in [1.54, 1.807) is 0 Å². The molecule has 0 unspecified atom stereocenters. The Kier molecular flexibility index (Phi) is 5.42. The number of nitrogens with zero attached hydrogens (tertiary/aromatic N) is 2. The smallest absolute Gasteiger partial charge is 0.0874 e. The summed E-state index contributed by atoms with van der Waals surface area (Å²) in [5, 5.41) is 0. The van der Waals surface area contributed by atoms with Crippen molar-refractivity contribution < 1.29 is 0 Å². The largest absolute Gasteiger partial charge is 0.352 e. The van der Waals surface area contributed by atoms with Gasteiger partial charge in [0.25, 0.3) is 0 Å². The van der Waals surface area contributed by atoms with Crippen molar-refractivity contribution in [3.8, 4) is 0 Å². The fourth-order valence-corrected chi connectivity index (χ4v) is 2.37. The molecule has 0 N–H and O–H groups in total. The van der Waals surface area contributed by atoms with E-state index in [4.69, 9.17) is 0 Å². The van der Waals surface area contributed by atoms with Crippen LogP contribution in [0.25, 0.3) is 0 Å². The summed E-state index contributed by atoms with van der Waals surface area (Å²) in [7, 11) is 2.21. The highest BCUT2D eigenvalue weighted by molar-refractivity contribution is 5.31. The van der Waals surface area contributed by atoms with Gasteiger partial charge in [0.15, 0.2) is 0 Å². The van der Waals surface area contributed by atoms with Crippen LogP contribution in [-0.2, 0) is 0 Å². The predicted octanol–water partition coefficient (Wildman–Crippen LogP) is 4.18. The van der Waals surface area contributed by atoms with Crippen LogP contribution in [0.3, 0.4) is 0 Å². The summed E-state index contributed by atoms with van der Waals surface area (Å²) in [5.41, 5.74) is 4.26. The van der Waals surface area contributed by atoms with Gasteiger partial charge in [-0.15, -0.1) is 0 Å². The molecule has 1 rings (SSSR count). The first-order chi connectivity index (χ1) is 8.84. The fraction of sp³-hybridized carbons (Fsp3) is 0.647. The Morgan fingerprint density at radius 1 is 1.16 bits per heavy atom. The number of hydrogen-bond donors (Lipinski definition) is 0. The lowest BCUT2D eigenvalue weighted by Crippen LogP contribution is -2.46. The lowest BCUT2D eigenvalue weighted by molar-refractivity contribution is 0.0976. The van der Waals surface area contributed by atoms with Crippen LogP contribution in [0, 0.1) is 0 Å². The van der Waals surface area contributed by atoms with Crippen LogP contribution in [0.2, 0.25) is 0 Å². The van der Waals surface area contributed by atoms with Gasteiger partial charge in [0.2, 0.25) is 0 Å². The minimum Gasteiger partial charge on any atom is -0.352 e. The Morgan fingerprint density at radius 3 is 2.21 bits per heavy atom. The Labute approximate surface area is 119 Å². The first-order valence-corrected chi connectivity index (χ1v) is 7.34. The average Bonchev–Trinajstić information content (AvgIpc) is 2.64. The third kappa shape index (κ3) is 3.50. The molecular formula is C17H30N2. The second-order valence-electron chi connectivity index (χ2n) is 5.95. The average molecular weight is 262 g/mol. The van der Waals surface area contributed by atoms with Gasteiger partial charge in [0, 0.05) is 18.8 Å². The maximum absolute atomic E-state index is 2.53. The number of allylic oxidation sites excluding steroid dienone is 5. The summed E-state index contributed by atoms with van der Waals surface area (Å²) >= 11 is 0. The van der Waals surface area contributed by atoms with Crippen LogP contribution in [0.4, 0.5) is 0 Å². The summed E-state index contributed by atoms with van der Waals surface area (Å²) in [6.07, 6.45) is 7.76. The van der Waals surface area contributed by atoms with E-state index < -0.39 is 0 Å². The second kappa shape index (κ2) is 6.42. The lowest BCUT2D eigenvalue weighted by atomic mass is 10.1. The van der Waals surface area contributed by atoms with E-state index in [1.807, 2.05) is 0 Å². The molecule has 0 aliphatic carbocycles. The fourth-order valence-electron chi connectivity index (χ4n) is 2.37. The van der Waals surface area contributed by atoms with E-state index in [0.29, 0.717) is 0 Å². The van der Waals surface area contributed by atoms with Gasteiger partial charge in [-0.25, -0.2) is 0 Å². The molecule has 0 radical (unpaired) electrons. The standard InChI is InChI=1S/C17H30N2/c1-8-14(3)10-11-16(15(4)9-2)19-13-12-18(7)17(19,5)6/h8,10-11H,9,12-13H2,1-7H3/b11-10-,14-8-,16-15?. The molecule has 0 amide bonds. The van der Waals surface area contributed by atoms with Gasteiger partial charge in [0.05, 0.1) is 5.66 Å². The Bertz CT molecular complexity index is 399. The SMILES string of the molecule is C/C=C(C)\C=C/C(=C(C)CC)N1CCN(C)C1(C)C. The van der Waals surface area contributed by atoms with E-state index in [2.05, 4.69) is 76.6 Å². The number of likely N-dealkylation sites (N-methyl/N-ethyl adjacent to an activating group) is 1. The van der Waals surface area contributed by atoms with Crippen LogP contribution >= 0.6 is 0 Å². The molecule has 0 aromatic rings. The molecule has 0 saturated carbocycles. The first-order valence-electron chi connectivity index (χ1n) is 7.34. The van der Waals surface area contributed by atoms with Crippen molar-refractivity contribution in [1.29, 1.82) is 0 Å². The Hall–Kier alpha value is -1.02. The molecule has 0 aromatic carbocycles. The highest BCUT2D eigenvalue weighted by Gasteiger charge is 2.37. The molecule has 0 spiro atoms. The van der Waals surface area contributed by atoms with Crippen molar-refractivity contribution in [2.24, 2.45) is 0 Å². The highest BCUT2D eigenvalue weighted by Crippen LogP contribution is 2.31. The molecule has 1 heterocycles. The third-order valence-corrected chi connectivity index (χ3v) is 4.47. The van der Waals surface area contributed by atoms with Crippen molar-refractivity contribution >= 4 is 0 Å². The van der Waals surface area contributed by atoms with E-state index >= 15 is 0 Å². The van der Waals surface area contributed by atoms with Crippen LogP contribution in [0.5, 0.6) is 0 Å². The van der Waals surface area contributed by atoms with E-state index in [-0.39, 0.29) is 5.66 Å². The normalized spacial score (nSPS) is 22.3. The van der Waals surface area contributed by atoms with Gasteiger partial charge in [-0.2, -0.15) is 0 Å². The van der Waals surface area contributed by atoms with E-state index in [9.17, 15) is 0 Å². The molecule has 2 heteroatoms. The molecule has 19 heavy (non-hydrogen) atoms. The maximum Gasteiger partial charge on any atom is 0.0874 e. The summed E-state index contributed by atoms with van der Waals surface area (Å²) in [6, 6.07) is 0. The molecule has 0 atom stereocenters. The van der Waals surface area contributed by atoms with Gasteiger partial charge < -0.3 is 4.90 Å². The monoisotopic (exact) mass is 262 g/mol. The molecule has 0 aromatic heterocycles. The molecular weight excluding hydrogens is 232 g/mol. The number of rotatable bonds is 4. The van der Waals surface area contributed by atoms with Crippen molar-refractivity contribution in [2.75, 3.05) is 20.1 Å². The molecule has 0 bridgehead atoms. The van der Waals surface area contributed by atoms with Crippen LogP contribution < -0.4 is 0 Å². The van der Waals surface area contributed by atoms with E-state index in [0.717, 1.165) is 19.5 Å². The van der Waals surface area contributed by atoms with Crippen molar-refractivity contribution in [2.45, 2.75) is 53.6 Å². The minimum atomic E-state index is 0.0972. The lowest BCUT2D eigenvalue weighted by Gasteiger charge is -2.39. The van der Waals surface area contributed by atoms with Crippen LogP contribution in [-0.4, -0.2) is 35.6 Å². The van der Waals surface area contributed by atoms with Gasteiger partial charge in [-0.1, -0.05) is 30.2 Å². The number of hydrogen-bond acceptors (Lipinski definition) is 2. The van der Waals surface area contributed by atoms with Gasteiger partial charge >= 0.3 is 0 Å². The summed E-state index contributed by atoms with van der Waals surface area (Å²) in [4.78, 5) is 4.96. The van der Waals surface area contributed by atoms with Crippen LogP contribution in [0.15, 0.2) is 35.1 Å². The highest BCUT2D eigenvalue weighted by atomic mass is 15.4. The summed E-state index contributed by atoms with van der Waals surface area (Å²) in [6.45, 7) is 15.6. The van der Waals surface area contributed by atoms with Crippen molar-refractivity contribution in [3.05, 3.63) is 35.1 Å². The maximum atomic E-state index is 2.53. The topological polar surface area (TPSA) is 6.48 Å². The van der Waals surface area contributed by atoms with Crippen molar-refractivity contribution in [1.82, 2.24) is 9.80 Å². The first kappa shape index (κ1) is 16.0. The summed E-state index contributed by atoms with van der Waals surface area (Å²) in [5.74, 6) is 0. The third-order valence-electron chi connectivity index (χ3n) is 4.47. The predicted molar refractivity (Wildman–Crippen MR) is 85.0 cm³/mol. The van der Waals surface area contributed by atoms with Crippen LogP contribution in [0.1, 0.15) is 48.0 Å². The van der Waals surface area contributed by atoms with Gasteiger partial charge in [0.1, 0.15) is 0 Å². The zero-order chi connectivity index (χ0) is 14.6. The molecule has 1 saturated heterocycles. The molecule has 1 fully saturated rings. The molecule has 1 aliphatic heterocycles. The molecule has 1 aliphatic rings. The minimum absolute atomic E-state index is 0.0972. The van der Waals surface area contributed by atoms with Gasteiger partial charge in [-0.05, 0) is 54.2 Å². The molecule has 2 nitrogen and oxygen atoms in total. The Morgan fingerprint density at radius 2 is 1.79 bits per heavy atom. The molecule has 108 valence electrons. The summed E-state index contributed by atoms with van der Waals surface area (Å²) < 4.78 is 0.